The van der Waals surface area contributed by atoms with Crippen LogP contribution in [0.25, 0.3) is 17.1 Å². The summed E-state index contributed by atoms with van der Waals surface area (Å²) in [7, 11) is 3.23. The summed E-state index contributed by atoms with van der Waals surface area (Å²) in [6.07, 6.45) is 3.19. The molecule has 0 spiro atoms. The van der Waals surface area contributed by atoms with Gasteiger partial charge in [0.05, 0.1) is 7.11 Å². The highest BCUT2D eigenvalue weighted by Gasteiger charge is 2.28. The molecular formula is C21H20FN5O3. The summed E-state index contributed by atoms with van der Waals surface area (Å²) in [5.41, 5.74) is 1.50. The van der Waals surface area contributed by atoms with Crippen molar-refractivity contribution in [1.82, 2.24) is 24.3 Å². The second-order valence-electron chi connectivity index (χ2n) is 6.93. The molecule has 3 heterocycles. The van der Waals surface area contributed by atoms with Crippen LogP contribution < -0.4 is 4.74 Å². The van der Waals surface area contributed by atoms with Crippen molar-refractivity contribution >= 4 is 11.8 Å². The average Bonchev–Trinajstić information content (AvgIpc) is 3.21. The Morgan fingerprint density at radius 2 is 1.90 bits per heavy atom. The van der Waals surface area contributed by atoms with Gasteiger partial charge in [-0.05, 0) is 30.3 Å². The normalized spacial score (nSPS) is 14.2. The summed E-state index contributed by atoms with van der Waals surface area (Å²) < 4.78 is 20.2. The first-order valence-corrected chi connectivity index (χ1v) is 9.35. The van der Waals surface area contributed by atoms with E-state index < -0.39 is 0 Å². The van der Waals surface area contributed by atoms with E-state index in [-0.39, 0.29) is 29.9 Å². The molecule has 0 aliphatic carbocycles. The topological polar surface area (TPSA) is 80.6 Å². The molecule has 30 heavy (non-hydrogen) atoms. The van der Waals surface area contributed by atoms with Crippen molar-refractivity contribution in [2.45, 2.75) is 0 Å². The van der Waals surface area contributed by atoms with Crippen LogP contribution in [0.3, 0.4) is 0 Å². The van der Waals surface area contributed by atoms with Crippen molar-refractivity contribution in [1.29, 1.82) is 0 Å². The van der Waals surface area contributed by atoms with Crippen LogP contribution in [0.4, 0.5) is 4.39 Å². The third kappa shape index (κ3) is 3.73. The maximum Gasteiger partial charge on any atom is 0.274 e. The number of carbonyl (C=O) groups excluding carboxylic acids is 2. The van der Waals surface area contributed by atoms with E-state index in [4.69, 9.17) is 4.74 Å². The number of imidazole rings is 1. The summed E-state index contributed by atoms with van der Waals surface area (Å²) in [4.78, 5) is 36.8. The van der Waals surface area contributed by atoms with Crippen molar-refractivity contribution in [2.75, 3.05) is 33.8 Å². The van der Waals surface area contributed by atoms with Gasteiger partial charge in [0, 0.05) is 49.8 Å². The number of hydrogen-bond acceptors (Lipinski definition) is 5. The molecule has 9 heteroatoms. The zero-order valence-corrected chi connectivity index (χ0v) is 16.6. The molecule has 0 radical (unpaired) electrons. The van der Waals surface area contributed by atoms with Crippen molar-refractivity contribution in [3.63, 3.8) is 0 Å². The predicted molar refractivity (Wildman–Crippen MR) is 107 cm³/mol. The highest BCUT2D eigenvalue weighted by molar-refractivity contribution is 5.96. The van der Waals surface area contributed by atoms with E-state index in [1.807, 2.05) is 0 Å². The number of likely N-dealkylation sites (N-methyl/N-ethyl adjacent to an activating group) is 1. The maximum atomic E-state index is 13.4. The van der Waals surface area contributed by atoms with Gasteiger partial charge < -0.3 is 14.5 Å². The van der Waals surface area contributed by atoms with Gasteiger partial charge in [0.15, 0.2) is 0 Å². The molecule has 0 N–H and O–H groups in total. The van der Waals surface area contributed by atoms with Crippen LogP contribution in [0.1, 0.15) is 10.5 Å². The van der Waals surface area contributed by atoms with Gasteiger partial charge in [0.2, 0.25) is 11.8 Å². The molecule has 1 aliphatic heterocycles. The Bertz CT molecular complexity index is 1080. The van der Waals surface area contributed by atoms with Crippen LogP contribution in [-0.4, -0.2) is 69.9 Å². The molecule has 0 saturated carbocycles. The first-order chi connectivity index (χ1) is 14.5. The standard InChI is InChI=1S/C21H20FN5O3/c1-25-9-10-26(13-19(25)28)21(29)17-12-27(16-6-4-15(22)5-7-16)20(24-17)14-3-8-18(30-2)23-11-14/h3-8,11-12H,9-10,13H2,1-2H3. The molecule has 0 unspecified atom stereocenters. The highest BCUT2D eigenvalue weighted by Crippen LogP contribution is 2.25. The zero-order chi connectivity index (χ0) is 21.3. The van der Waals surface area contributed by atoms with Crippen molar-refractivity contribution < 1.29 is 18.7 Å². The smallest absolute Gasteiger partial charge is 0.274 e. The van der Waals surface area contributed by atoms with Crippen molar-refractivity contribution in [2.24, 2.45) is 0 Å². The summed E-state index contributed by atoms with van der Waals surface area (Å²) in [6, 6.07) is 9.36. The Balaban J connectivity index is 1.74. The van der Waals surface area contributed by atoms with Gasteiger partial charge >= 0.3 is 0 Å². The van der Waals surface area contributed by atoms with Crippen molar-refractivity contribution in [3.8, 4) is 23.0 Å². The molecule has 4 rings (SSSR count). The van der Waals surface area contributed by atoms with E-state index in [0.29, 0.717) is 36.0 Å². The Morgan fingerprint density at radius 3 is 2.53 bits per heavy atom. The van der Waals surface area contributed by atoms with Crippen LogP contribution in [0.2, 0.25) is 0 Å². The number of piperazine rings is 1. The first kappa shape index (κ1) is 19.6. The van der Waals surface area contributed by atoms with Gasteiger partial charge in [0.25, 0.3) is 5.91 Å². The lowest BCUT2D eigenvalue weighted by molar-refractivity contribution is -0.133. The summed E-state index contributed by atoms with van der Waals surface area (Å²) >= 11 is 0. The van der Waals surface area contributed by atoms with Gasteiger partial charge in [-0.25, -0.2) is 14.4 Å². The molecule has 8 nitrogen and oxygen atoms in total. The van der Waals surface area contributed by atoms with Gasteiger partial charge in [-0.1, -0.05) is 0 Å². The van der Waals surface area contributed by atoms with E-state index in [0.717, 1.165) is 0 Å². The number of benzene rings is 1. The zero-order valence-electron chi connectivity index (χ0n) is 16.6. The number of amides is 2. The number of aromatic nitrogens is 3. The van der Waals surface area contributed by atoms with Gasteiger partial charge in [-0.2, -0.15) is 0 Å². The Hall–Kier alpha value is -3.75. The first-order valence-electron chi connectivity index (χ1n) is 9.35. The Labute approximate surface area is 172 Å². The molecule has 1 aliphatic rings. The van der Waals surface area contributed by atoms with Crippen LogP contribution in [0.5, 0.6) is 5.88 Å². The molecule has 1 saturated heterocycles. The van der Waals surface area contributed by atoms with E-state index in [1.165, 1.54) is 24.1 Å². The second kappa shape index (κ2) is 7.94. The van der Waals surface area contributed by atoms with E-state index in [1.54, 1.807) is 53.2 Å². The van der Waals surface area contributed by atoms with E-state index in [2.05, 4.69) is 9.97 Å². The van der Waals surface area contributed by atoms with Crippen LogP contribution >= 0.6 is 0 Å². The molecule has 154 valence electrons. The minimum Gasteiger partial charge on any atom is -0.481 e. The number of carbonyl (C=O) groups is 2. The van der Waals surface area contributed by atoms with Crippen molar-refractivity contribution in [3.05, 3.63) is 60.3 Å². The molecule has 0 atom stereocenters. The SMILES string of the molecule is COc1ccc(-c2nc(C(=O)N3CCN(C)C(=O)C3)cn2-c2ccc(F)cc2)cn1. The minimum atomic E-state index is -0.362. The Kier molecular flexibility index (Phi) is 5.18. The predicted octanol–water partition coefficient (Wildman–Crippen LogP) is 2.00. The van der Waals surface area contributed by atoms with Gasteiger partial charge in [-0.15, -0.1) is 0 Å². The molecule has 1 fully saturated rings. The number of hydrogen-bond donors (Lipinski definition) is 0. The summed E-state index contributed by atoms with van der Waals surface area (Å²) in [5.74, 6) is 0.109. The molecule has 1 aromatic carbocycles. The molecular weight excluding hydrogens is 389 g/mol. The second-order valence-corrected chi connectivity index (χ2v) is 6.93. The third-order valence-corrected chi connectivity index (χ3v) is 4.98. The van der Waals surface area contributed by atoms with Gasteiger partial charge in [0.1, 0.15) is 23.9 Å². The number of nitrogens with zero attached hydrogens (tertiary/aromatic N) is 5. The van der Waals surface area contributed by atoms with Gasteiger partial charge in [-0.3, -0.25) is 14.2 Å². The monoisotopic (exact) mass is 409 g/mol. The largest absolute Gasteiger partial charge is 0.481 e. The van der Waals surface area contributed by atoms with Crippen LogP contribution in [0.15, 0.2) is 48.8 Å². The summed E-state index contributed by atoms with van der Waals surface area (Å²) in [5, 5.41) is 0. The van der Waals surface area contributed by atoms with E-state index in [9.17, 15) is 14.0 Å². The Morgan fingerprint density at radius 1 is 1.13 bits per heavy atom. The number of ether oxygens (including phenoxy) is 1. The number of halogens is 1. The molecule has 0 bridgehead atoms. The lowest BCUT2D eigenvalue weighted by atomic mass is 10.2. The average molecular weight is 409 g/mol. The molecule has 2 aromatic heterocycles. The highest BCUT2D eigenvalue weighted by atomic mass is 19.1. The molecule has 2 amide bonds. The minimum absolute atomic E-state index is 0.0121. The molecule has 3 aromatic rings. The number of pyridine rings is 1. The lowest BCUT2D eigenvalue weighted by Crippen LogP contribution is -2.50. The number of methoxy groups -OCH3 is 1. The fourth-order valence-electron chi connectivity index (χ4n) is 3.21. The van der Waals surface area contributed by atoms with Crippen LogP contribution in [0, 0.1) is 5.82 Å². The quantitative estimate of drug-likeness (QED) is 0.659. The number of rotatable bonds is 4. The lowest BCUT2D eigenvalue weighted by Gasteiger charge is -2.31. The third-order valence-electron chi connectivity index (χ3n) is 4.98. The van der Waals surface area contributed by atoms with Crippen LogP contribution in [-0.2, 0) is 4.79 Å². The summed E-state index contributed by atoms with van der Waals surface area (Å²) in [6.45, 7) is 0.917. The van der Waals surface area contributed by atoms with E-state index >= 15 is 0 Å². The fourth-order valence-corrected chi connectivity index (χ4v) is 3.21. The maximum absolute atomic E-state index is 13.4. The fraction of sp³-hybridized carbons (Fsp3) is 0.238.